The van der Waals surface area contributed by atoms with Gasteiger partial charge in [0.25, 0.3) is 5.91 Å². The van der Waals surface area contributed by atoms with Crippen molar-refractivity contribution >= 4 is 5.91 Å². The Bertz CT molecular complexity index is 574. The van der Waals surface area contributed by atoms with Crippen LogP contribution in [0, 0.1) is 5.92 Å². The monoisotopic (exact) mass is 346 g/mol. The van der Waals surface area contributed by atoms with E-state index in [0.29, 0.717) is 23.1 Å². The van der Waals surface area contributed by atoms with Gasteiger partial charge in [-0.05, 0) is 30.9 Å². The van der Waals surface area contributed by atoms with Crippen molar-refractivity contribution in [3.05, 3.63) is 23.8 Å². The molecule has 5 heteroatoms. The third kappa shape index (κ3) is 4.27. The lowest BCUT2D eigenvalue weighted by atomic mass is 9.86. The number of hydrogen-bond acceptors (Lipinski definition) is 4. The quantitative estimate of drug-likeness (QED) is 0.840. The number of carbonyl (C=O) groups is 1. The van der Waals surface area contributed by atoms with Crippen molar-refractivity contribution < 1.29 is 14.3 Å². The zero-order chi connectivity index (χ0) is 17.8. The lowest BCUT2D eigenvalue weighted by molar-refractivity contribution is 0.0488. The van der Waals surface area contributed by atoms with E-state index in [9.17, 15) is 4.79 Å². The van der Waals surface area contributed by atoms with Gasteiger partial charge in [-0.25, -0.2) is 0 Å². The van der Waals surface area contributed by atoms with Crippen LogP contribution < -0.4 is 9.47 Å². The van der Waals surface area contributed by atoms with E-state index in [1.165, 1.54) is 25.7 Å². The van der Waals surface area contributed by atoms with Crippen molar-refractivity contribution in [3.63, 3.8) is 0 Å². The maximum atomic E-state index is 12.9. The van der Waals surface area contributed by atoms with E-state index in [-0.39, 0.29) is 5.91 Å². The van der Waals surface area contributed by atoms with Crippen molar-refractivity contribution in [2.75, 3.05) is 40.4 Å². The van der Waals surface area contributed by atoms with E-state index in [4.69, 9.17) is 9.47 Å². The topological polar surface area (TPSA) is 42.0 Å². The fourth-order valence-electron chi connectivity index (χ4n) is 4.14. The number of methoxy groups -OCH3 is 2. The molecule has 1 aromatic carbocycles. The zero-order valence-corrected chi connectivity index (χ0v) is 15.7. The molecule has 2 fully saturated rings. The summed E-state index contributed by atoms with van der Waals surface area (Å²) in [6, 6.07) is 6.08. The van der Waals surface area contributed by atoms with Gasteiger partial charge >= 0.3 is 0 Å². The Balaban J connectivity index is 1.61. The van der Waals surface area contributed by atoms with Crippen molar-refractivity contribution in [2.24, 2.45) is 5.92 Å². The van der Waals surface area contributed by atoms with Gasteiger partial charge in [0.15, 0.2) is 0 Å². The Morgan fingerprint density at radius 2 is 1.64 bits per heavy atom. The number of piperazine rings is 1. The van der Waals surface area contributed by atoms with E-state index >= 15 is 0 Å². The third-order valence-corrected chi connectivity index (χ3v) is 5.62. The molecule has 1 saturated heterocycles. The average molecular weight is 346 g/mol. The average Bonchev–Trinajstić information content (AvgIpc) is 2.67. The van der Waals surface area contributed by atoms with Crippen LogP contribution in [-0.4, -0.2) is 62.1 Å². The molecule has 2 atom stereocenters. The van der Waals surface area contributed by atoms with Crippen LogP contribution in [0.25, 0.3) is 0 Å². The van der Waals surface area contributed by atoms with E-state index in [0.717, 1.165) is 32.1 Å². The third-order valence-electron chi connectivity index (χ3n) is 5.62. The second-order valence-electron chi connectivity index (χ2n) is 7.36. The van der Waals surface area contributed by atoms with Crippen LogP contribution in [0.2, 0.25) is 0 Å². The minimum absolute atomic E-state index is 0.0638. The molecule has 0 bridgehead atoms. The normalized spacial score (nSPS) is 24.8. The lowest BCUT2D eigenvalue weighted by Gasteiger charge is -2.42. The summed E-state index contributed by atoms with van der Waals surface area (Å²) in [5.74, 6) is 2.20. The highest BCUT2D eigenvalue weighted by molar-refractivity contribution is 5.95. The fraction of sp³-hybridized carbons (Fsp3) is 0.650. The summed E-state index contributed by atoms with van der Waals surface area (Å²) in [4.78, 5) is 17.4. The first kappa shape index (κ1) is 18.1. The number of nitrogens with zero attached hydrogens (tertiary/aromatic N) is 2. The first-order chi connectivity index (χ1) is 12.1. The second-order valence-corrected chi connectivity index (χ2v) is 7.36. The van der Waals surface area contributed by atoms with Crippen molar-refractivity contribution in [3.8, 4) is 11.5 Å². The van der Waals surface area contributed by atoms with Crippen LogP contribution in [0.5, 0.6) is 11.5 Å². The molecular weight excluding hydrogens is 316 g/mol. The predicted molar refractivity (Wildman–Crippen MR) is 98.4 cm³/mol. The molecule has 1 amide bonds. The lowest BCUT2D eigenvalue weighted by Crippen LogP contribution is -2.52. The van der Waals surface area contributed by atoms with Crippen LogP contribution in [-0.2, 0) is 0 Å². The molecule has 3 rings (SSSR count). The number of ether oxygens (including phenoxy) is 2. The highest BCUT2D eigenvalue weighted by atomic mass is 16.5. The first-order valence-electron chi connectivity index (χ1n) is 9.37. The minimum atomic E-state index is 0.0638. The van der Waals surface area contributed by atoms with Crippen LogP contribution >= 0.6 is 0 Å². The number of carbonyl (C=O) groups excluding carboxylic acids is 1. The van der Waals surface area contributed by atoms with E-state index in [2.05, 4.69) is 11.8 Å². The maximum absolute atomic E-state index is 12.9. The molecule has 0 aromatic heterocycles. The summed E-state index contributed by atoms with van der Waals surface area (Å²) in [5.41, 5.74) is 0.635. The molecule has 0 spiro atoms. The highest BCUT2D eigenvalue weighted by Crippen LogP contribution is 2.28. The predicted octanol–water partition coefficient (Wildman–Crippen LogP) is 3.04. The first-order valence-corrected chi connectivity index (χ1v) is 9.37. The molecule has 138 valence electrons. The number of hydrogen-bond donors (Lipinski definition) is 0. The van der Waals surface area contributed by atoms with Crippen molar-refractivity contribution in [2.45, 2.75) is 38.6 Å². The van der Waals surface area contributed by atoms with Gasteiger partial charge in [-0.15, -0.1) is 0 Å². The molecule has 5 nitrogen and oxygen atoms in total. The molecule has 0 unspecified atom stereocenters. The molecule has 1 aromatic rings. The van der Waals surface area contributed by atoms with Gasteiger partial charge in [0, 0.05) is 43.9 Å². The summed E-state index contributed by atoms with van der Waals surface area (Å²) in [6.07, 6.45) is 5.33. The summed E-state index contributed by atoms with van der Waals surface area (Å²) in [6.45, 7) is 5.91. The number of benzene rings is 1. The Hall–Kier alpha value is -1.75. The Labute approximate surface area is 150 Å². The van der Waals surface area contributed by atoms with Gasteiger partial charge in [-0.1, -0.05) is 19.8 Å². The van der Waals surface area contributed by atoms with Crippen LogP contribution in [0.3, 0.4) is 0 Å². The standard InChI is InChI=1S/C20H30N2O3/c1-15-5-4-6-17(11-15)21-7-9-22(10-8-21)20(23)16-12-18(24-2)14-19(13-16)25-3/h12-15,17H,4-11H2,1-3H3/t15-,17-/m1/s1. The zero-order valence-electron chi connectivity index (χ0n) is 15.7. The summed E-state index contributed by atoms with van der Waals surface area (Å²) < 4.78 is 10.6. The maximum Gasteiger partial charge on any atom is 0.254 e. The molecule has 1 aliphatic heterocycles. The second kappa shape index (κ2) is 8.09. The smallest absolute Gasteiger partial charge is 0.254 e. The van der Waals surface area contributed by atoms with Gasteiger partial charge in [-0.3, -0.25) is 9.69 Å². The summed E-state index contributed by atoms with van der Waals surface area (Å²) >= 11 is 0. The number of amides is 1. The largest absolute Gasteiger partial charge is 0.497 e. The number of rotatable bonds is 4. The molecule has 25 heavy (non-hydrogen) atoms. The van der Waals surface area contributed by atoms with Gasteiger partial charge in [0.1, 0.15) is 11.5 Å². The minimum Gasteiger partial charge on any atom is -0.497 e. The van der Waals surface area contributed by atoms with E-state index in [1.54, 1.807) is 32.4 Å². The van der Waals surface area contributed by atoms with Gasteiger partial charge < -0.3 is 14.4 Å². The summed E-state index contributed by atoms with van der Waals surface area (Å²) in [5, 5.41) is 0. The molecule has 2 aliphatic rings. The fourth-order valence-corrected chi connectivity index (χ4v) is 4.14. The molecule has 1 heterocycles. The summed E-state index contributed by atoms with van der Waals surface area (Å²) in [7, 11) is 3.21. The molecule has 0 radical (unpaired) electrons. The Morgan fingerprint density at radius 1 is 1.00 bits per heavy atom. The molecule has 1 saturated carbocycles. The van der Waals surface area contributed by atoms with E-state index in [1.807, 2.05) is 4.90 Å². The van der Waals surface area contributed by atoms with Gasteiger partial charge in [0.05, 0.1) is 14.2 Å². The van der Waals surface area contributed by atoms with Crippen LogP contribution in [0.15, 0.2) is 18.2 Å². The van der Waals surface area contributed by atoms with Crippen LogP contribution in [0.1, 0.15) is 43.0 Å². The van der Waals surface area contributed by atoms with E-state index < -0.39 is 0 Å². The van der Waals surface area contributed by atoms with Crippen molar-refractivity contribution in [1.82, 2.24) is 9.80 Å². The van der Waals surface area contributed by atoms with Gasteiger partial charge in [0.2, 0.25) is 0 Å². The highest BCUT2D eigenvalue weighted by Gasteiger charge is 2.29. The Morgan fingerprint density at radius 3 is 2.20 bits per heavy atom. The van der Waals surface area contributed by atoms with Crippen LogP contribution in [0.4, 0.5) is 0 Å². The Kier molecular flexibility index (Phi) is 5.84. The van der Waals surface area contributed by atoms with Gasteiger partial charge in [-0.2, -0.15) is 0 Å². The molecule has 1 aliphatic carbocycles. The molecule has 0 N–H and O–H groups in total. The SMILES string of the molecule is COc1cc(OC)cc(C(=O)N2CCN([C@@H]3CCC[C@@H](C)C3)CC2)c1. The molecular formula is C20H30N2O3. The van der Waals surface area contributed by atoms with Crippen molar-refractivity contribution in [1.29, 1.82) is 0 Å².